The molecule has 1 aliphatic carbocycles. The first-order chi connectivity index (χ1) is 7.32. The van der Waals surface area contributed by atoms with Crippen LogP contribution in [0.2, 0.25) is 0 Å². The van der Waals surface area contributed by atoms with Crippen LogP contribution in [0.5, 0.6) is 0 Å². The van der Waals surface area contributed by atoms with Gasteiger partial charge in [-0.1, -0.05) is 0 Å². The van der Waals surface area contributed by atoms with Gasteiger partial charge in [-0.2, -0.15) is 0 Å². The highest BCUT2D eigenvalue weighted by Gasteiger charge is 2.51. The first-order valence-electron chi connectivity index (χ1n) is 5.84. The number of ketones is 1. The van der Waals surface area contributed by atoms with Crippen LogP contribution >= 0.6 is 0 Å². The molecule has 0 aromatic heterocycles. The second-order valence-corrected chi connectivity index (χ2v) is 5.86. The number of carbonyl (C=O) groups excluding carboxylic acids is 2. The summed E-state index contributed by atoms with van der Waals surface area (Å²) in [5, 5.41) is 0. The van der Waals surface area contributed by atoms with Crippen molar-refractivity contribution in [2.45, 2.75) is 45.6 Å². The number of amides is 1. The predicted molar refractivity (Wildman–Crippen MR) is 59.1 cm³/mol. The topological polar surface area (TPSA) is 46.6 Å². The SMILES string of the molecule is CC(C)(C)OC(=O)N1CCC2(CCC2=O)C1. The maximum Gasteiger partial charge on any atom is 0.410 e. The average molecular weight is 225 g/mol. The van der Waals surface area contributed by atoms with Gasteiger partial charge < -0.3 is 9.64 Å². The Morgan fingerprint density at radius 1 is 1.38 bits per heavy atom. The summed E-state index contributed by atoms with van der Waals surface area (Å²) in [7, 11) is 0. The molecule has 2 fully saturated rings. The van der Waals surface area contributed by atoms with E-state index in [1.807, 2.05) is 20.8 Å². The molecule has 0 radical (unpaired) electrons. The van der Waals surface area contributed by atoms with Gasteiger partial charge in [0.15, 0.2) is 0 Å². The third-order valence-corrected chi connectivity index (χ3v) is 3.43. The molecular formula is C12H19NO3. The largest absolute Gasteiger partial charge is 0.444 e. The molecule has 0 bridgehead atoms. The van der Waals surface area contributed by atoms with E-state index in [0.29, 0.717) is 25.3 Å². The van der Waals surface area contributed by atoms with E-state index in [1.54, 1.807) is 4.90 Å². The first-order valence-corrected chi connectivity index (χ1v) is 5.84. The van der Waals surface area contributed by atoms with Crippen molar-refractivity contribution in [1.82, 2.24) is 4.90 Å². The van der Waals surface area contributed by atoms with Gasteiger partial charge in [0.05, 0.1) is 0 Å². The highest BCUT2D eigenvalue weighted by molar-refractivity contribution is 5.91. The molecule has 2 rings (SSSR count). The van der Waals surface area contributed by atoms with E-state index in [-0.39, 0.29) is 11.5 Å². The molecular weight excluding hydrogens is 206 g/mol. The molecule has 0 aromatic carbocycles. The van der Waals surface area contributed by atoms with Gasteiger partial charge in [0.25, 0.3) is 0 Å². The van der Waals surface area contributed by atoms with Crippen LogP contribution in [0.25, 0.3) is 0 Å². The number of hydrogen-bond acceptors (Lipinski definition) is 3. The van der Waals surface area contributed by atoms with Gasteiger partial charge in [-0.05, 0) is 33.6 Å². The second-order valence-electron chi connectivity index (χ2n) is 5.86. The van der Waals surface area contributed by atoms with E-state index >= 15 is 0 Å². The standard InChI is InChI=1S/C12H19NO3/c1-11(2,3)16-10(15)13-7-6-12(8-13)5-4-9(12)14/h4-8H2,1-3H3. The second kappa shape index (κ2) is 3.47. The van der Waals surface area contributed by atoms with Gasteiger partial charge in [0.1, 0.15) is 11.4 Å². The number of Topliss-reactive ketones (excluding diaryl/α,β-unsaturated/α-hetero) is 1. The van der Waals surface area contributed by atoms with Gasteiger partial charge in [-0.3, -0.25) is 4.79 Å². The van der Waals surface area contributed by atoms with Crippen LogP contribution in [-0.4, -0.2) is 35.5 Å². The molecule has 16 heavy (non-hydrogen) atoms. The highest BCUT2D eigenvalue weighted by Crippen LogP contribution is 2.45. The lowest BCUT2D eigenvalue weighted by Crippen LogP contribution is -2.44. The molecule has 2 aliphatic rings. The number of ether oxygens (including phenoxy) is 1. The molecule has 1 spiro atoms. The zero-order valence-corrected chi connectivity index (χ0v) is 10.2. The number of rotatable bonds is 0. The van der Waals surface area contributed by atoms with Gasteiger partial charge in [-0.25, -0.2) is 4.79 Å². The highest BCUT2D eigenvalue weighted by atomic mass is 16.6. The van der Waals surface area contributed by atoms with E-state index in [2.05, 4.69) is 0 Å². The predicted octanol–water partition coefficient (Wildman–Crippen LogP) is 1.98. The lowest BCUT2D eigenvalue weighted by atomic mass is 9.67. The van der Waals surface area contributed by atoms with Crippen molar-refractivity contribution in [2.75, 3.05) is 13.1 Å². The molecule has 4 nitrogen and oxygen atoms in total. The van der Waals surface area contributed by atoms with E-state index in [1.165, 1.54) is 0 Å². The van der Waals surface area contributed by atoms with Crippen LogP contribution in [0.1, 0.15) is 40.0 Å². The smallest absolute Gasteiger partial charge is 0.410 e. The molecule has 4 heteroatoms. The molecule has 1 aliphatic heterocycles. The van der Waals surface area contributed by atoms with Crippen molar-refractivity contribution in [2.24, 2.45) is 5.41 Å². The summed E-state index contributed by atoms with van der Waals surface area (Å²) in [6.07, 6.45) is 2.14. The van der Waals surface area contributed by atoms with Crippen LogP contribution in [0.3, 0.4) is 0 Å². The fraction of sp³-hybridized carbons (Fsp3) is 0.833. The van der Waals surface area contributed by atoms with Gasteiger partial charge >= 0.3 is 6.09 Å². The maximum absolute atomic E-state index is 11.8. The quantitative estimate of drug-likeness (QED) is 0.633. The van der Waals surface area contributed by atoms with Crippen LogP contribution < -0.4 is 0 Å². The Kier molecular flexibility index (Phi) is 2.48. The molecule has 1 saturated carbocycles. The molecule has 1 amide bonds. The van der Waals surface area contributed by atoms with Crippen molar-refractivity contribution >= 4 is 11.9 Å². The van der Waals surface area contributed by atoms with E-state index in [4.69, 9.17) is 4.74 Å². The van der Waals surface area contributed by atoms with Crippen molar-refractivity contribution in [3.8, 4) is 0 Å². The minimum absolute atomic E-state index is 0.211. The third-order valence-electron chi connectivity index (χ3n) is 3.43. The maximum atomic E-state index is 11.8. The van der Waals surface area contributed by atoms with E-state index in [0.717, 1.165) is 12.8 Å². The number of carbonyl (C=O) groups is 2. The Morgan fingerprint density at radius 3 is 2.44 bits per heavy atom. The van der Waals surface area contributed by atoms with Crippen molar-refractivity contribution in [3.05, 3.63) is 0 Å². The van der Waals surface area contributed by atoms with E-state index in [9.17, 15) is 9.59 Å². The minimum Gasteiger partial charge on any atom is -0.444 e. The Bertz CT molecular complexity index is 332. The molecule has 1 atom stereocenters. The Balaban J connectivity index is 1.94. The lowest BCUT2D eigenvalue weighted by molar-refractivity contribution is -0.137. The monoisotopic (exact) mass is 225 g/mol. The summed E-state index contributed by atoms with van der Waals surface area (Å²) in [5.74, 6) is 0.318. The Hall–Kier alpha value is -1.06. The molecule has 0 N–H and O–H groups in total. The molecule has 1 saturated heterocycles. The van der Waals surface area contributed by atoms with Crippen LogP contribution in [0, 0.1) is 5.41 Å². The minimum atomic E-state index is -0.462. The first kappa shape index (κ1) is 11.4. The fourth-order valence-electron chi connectivity index (χ4n) is 2.37. The summed E-state index contributed by atoms with van der Waals surface area (Å²) in [5.41, 5.74) is -0.673. The van der Waals surface area contributed by atoms with Crippen LogP contribution in [0.15, 0.2) is 0 Å². The zero-order valence-electron chi connectivity index (χ0n) is 10.2. The molecule has 1 heterocycles. The lowest BCUT2D eigenvalue weighted by Gasteiger charge is -2.36. The number of nitrogens with zero attached hydrogens (tertiary/aromatic N) is 1. The summed E-state index contributed by atoms with van der Waals surface area (Å²) < 4.78 is 5.29. The average Bonchev–Trinajstić information content (AvgIpc) is 2.59. The third kappa shape index (κ3) is 1.93. The van der Waals surface area contributed by atoms with Crippen molar-refractivity contribution in [1.29, 1.82) is 0 Å². The zero-order chi connectivity index (χ0) is 12.0. The number of likely N-dealkylation sites (tertiary alicyclic amines) is 1. The van der Waals surface area contributed by atoms with Crippen molar-refractivity contribution < 1.29 is 14.3 Å². The number of hydrogen-bond donors (Lipinski definition) is 0. The van der Waals surface area contributed by atoms with Crippen LogP contribution in [-0.2, 0) is 9.53 Å². The molecule has 1 unspecified atom stereocenters. The Labute approximate surface area is 95.9 Å². The van der Waals surface area contributed by atoms with Gasteiger partial charge in [0, 0.05) is 24.9 Å². The molecule has 0 aromatic rings. The van der Waals surface area contributed by atoms with Gasteiger partial charge in [-0.15, -0.1) is 0 Å². The summed E-state index contributed by atoms with van der Waals surface area (Å²) in [4.78, 5) is 25.0. The summed E-state index contributed by atoms with van der Waals surface area (Å²) >= 11 is 0. The summed E-state index contributed by atoms with van der Waals surface area (Å²) in [6.45, 7) is 6.77. The fourth-order valence-corrected chi connectivity index (χ4v) is 2.37. The Morgan fingerprint density at radius 2 is 2.06 bits per heavy atom. The summed E-state index contributed by atoms with van der Waals surface area (Å²) in [6, 6.07) is 0. The van der Waals surface area contributed by atoms with E-state index < -0.39 is 5.60 Å². The normalized spacial score (nSPS) is 29.4. The van der Waals surface area contributed by atoms with Crippen molar-refractivity contribution in [3.63, 3.8) is 0 Å². The molecule has 90 valence electrons. The van der Waals surface area contributed by atoms with Gasteiger partial charge in [0.2, 0.25) is 0 Å². The van der Waals surface area contributed by atoms with Crippen LogP contribution in [0.4, 0.5) is 4.79 Å².